The van der Waals surface area contributed by atoms with Gasteiger partial charge in [-0.2, -0.15) is 9.97 Å². The zero-order valence-corrected chi connectivity index (χ0v) is 21.1. The zero-order valence-electron chi connectivity index (χ0n) is 21.1. The van der Waals surface area contributed by atoms with E-state index in [1.54, 1.807) is 11.6 Å². The molecule has 2 aliphatic heterocycles. The molecule has 0 bridgehead atoms. The van der Waals surface area contributed by atoms with Crippen LogP contribution in [0.1, 0.15) is 23.4 Å². The molecule has 1 amide bonds. The van der Waals surface area contributed by atoms with E-state index in [9.17, 15) is 9.90 Å². The van der Waals surface area contributed by atoms with E-state index >= 15 is 0 Å². The minimum Gasteiger partial charge on any atom is -0.395 e. The van der Waals surface area contributed by atoms with Crippen molar-refractivity contribution in [1.29, 1.82) is 0 Å². The summed E-state index contributed by atoms with van der Waals surface area (Å²) in [6.07, 6.45) is 0.698. The van der Waals surface area contributed by atoms with Crippen molar-refractivity contribution in [2.45, 2.75) is 19.4 Å². The maximum absolute atomic E-state index is 13.4. The molecule has 0 radical (unpaired) electrons. The van der Waals surface area contributed by atoms with Gasteiger partial charge in [0.05, 0.1) is 30.9 Å². The average Bonchev–Trinajstić information content (AvgIpc) is 3.44. The number of aliphatic hydroxyl groups excluding tert-OH is 1. The van der Waals surface area contributed by atoms with Gasteiger partial charge in [-0.05, 0) is 12.1 Å². The van der Waals surface area contributed by atoms with Crippen molar-refractivity contribution in [3.8, 4) is 5.95 Å². The number of benzene rings is 1. The first-order valence-corrected chi connectivity index (χ1v) is 12.8. The molecule has 3 aromatic heterocycles. The van der Waals surface area contributed by atoms with Crippen molar-refractivity contribution in [1.82, 2.24) is 38.9 Å². The summed E-state index contributed by atoms with van der Waals surface area (Å²) >= 11 is 0. The third-order valence-corrected chi connectivity index (χ3v) is 7.16. The van der Waals surface area contributed by atoms with E-state index in [0.29, 0.717) is 60.9 Å². The van der Waals surface area contributed by atoms with Gasteiger partial charge in [-0.1, -0.05) is 19.1 Å². The van der Waals surface area contributed by atoms with Gasteiger partial charge >= 0.3 is 0 Å². The van der Waals surface area contributed by atoms with Gasteiger partial charge in [0.1, 0.15) is 5.82 Å². The van der Waals surface area contributed by atoms with Crippen molar-refractivity contribution in [2.75, 3.05) is 57.9 Å². The number of aliphatic hydroxyl groups is 1. The number of aromatic nitrogens is 6. The average molecular weight is 506 g/mol. The lowest BCUT2D eigenvalue weighted by Gasteiger charge is -2.46. The summed E-state index contributed by atoms with van der Waals surface area (Å²) in [5, 5.41) is 12.6. The number of para-hydroxylation sites is 2. The molecule has 0 unspecified atom stereocenters. The van der Waals surface area contributed by atoms with Gasteiger partial charge in [-0.3, -0.25) is 14.3 Å². The Bertz CT molecular complexity index is 1450. The van der Waals surface area contributed by atoms with Gasteiger partial charge in [-0.15, -0.1) is 0 Å². The van der Waals surface area contributed by atoms with Crippen LogP contribution in [-0.4, -0.2) is 108 Å². The number of nitrogens with one attached hydrogen (secondary N) is 1. The van der Waals surface area contributed by atoms with Gasteiger partial charge in [0, 0.05) is 52.2 Å². The fraction of sp³-hybridized carbons (Fsp3) is 0.480. The lowest BCUT2D eigenvalue weighted by atomic mass is 10.1. The van der Waals surface area contributed by atoms with E-state index in [-0.39, 0.29) is 12.5 Å². The number of morpholine rings is 1. The SMILES string of the molecule is CCc1nc2ccccc2n1-c1nc(NCCO)c2nc(C(=O)N3CC(N4CCOCC4)C3)n(C)c2n1. The molecule has 12 heteroatoms. The molecule has 2 aliphatic rings. The van der Waals surface area contributed by atoms with Crippen LogP contribution in [0.15, 0.2) is 24.3 Å². The molecule has 37 heavy (non-hydrogen) atoms. The number of hydrogen-bond donors (Lipinski definition) is 2. The molecule has 0 aliphatic carbocycles. The summed E-state index contributed by atoms with van der Waals surface area (Å²) in [6, 6.07) is 8.23. The highest BCUT2D eigenvalue weighted by Crippen LogP contribution is 2.27. The van der Waals surface area contributed by atoms with Crippen LogP contribution < -0.4 is 5.32 Å². The van der Waals surface area contributed by atoms with Crippen LogP contribution in [0.5, 0.6) is 0 Å². The number of amides is 1. The highest BCUT2D eigenvalue weighted by molar-refractivity contribution is 5.97. The molecule has 0 atom stereocenters. The number of ether oxygens (including phenoxy) is 1. The Morgan fingerprint density at radius 1 is 1.14 bits per heavy atom. The lowest BCUT2D eigenvalue weighted by molar-refractivity contribution is -0.0260. The minimum absolute atomic E-state index is 0.0651. The van der Waals surface area contributed by atoms with Gasteiger partial charge < -0.3 is 24.6 Å². The van der Waals surface area contributed by atoms with Crippen LogP contribution in [0.3, 0.4) is 0 Å². The number of nitrogens with zero attached hydrogens (tertiary/aromatic N) is 8. The molecule has 2 fully saturated rings. The quantitative estimate of drug-likeness (QED) is 0.375. The van der Waals surface area contributed by atoms with Gasteiger partial charge in [0.2, 0.25) is 11.8 Å². The molecule has 0 spiro atoms. The number of rotatable bonds is 7. The third kappa shape index (κ3) is 4.10. The summed E-state index contributed by atoms with van der Waals surface area (Å²) in [7, 11) is 1.81. The van der Waals surface area contributed by atoms with E-state index in [1.165, 1.54) is 0 Å². The minimum atomic E-state index is -0.123. The highest BCUT2D eigenvalue weighted by Gasteiger charge is 2.37. The van der Waals surface area contributed by atoms with Crippen LogP contribution in [0.25, 0.3) is 28.1 Å². The lowest BCUT2D eigenvalue weighted by Crippen LogP contribution is -2.63. The number of carbonyl (C=O) groups is 1. The van der Waals surface area contributed by atoms with Crippen LogP contribution in [-0.2, 0) is 18.2 Å². The van der Waals surface area contributed by atoms with Gasteiger partial charge in [0.15, 0.2) is 17.0 Å². The summed E-state index contributed by atoms with van der Waals surface area (Å²) in [6.45, 7) is 6.91. The Labute approximate surface area is 213 Å². The predicted octanol–water partition coefficient (Wildman–Crippen LogP) is 0.825. The van der Waals surface area contributed by atoms with Crippen LogP contribution >= 0.6 is 0 Å². The largest absolute Gasteiger partial charge is 0.395 e. The van der Waals surface area contributed by atoms with Crippen LogP contribution in [0.2, 0.25) is 0 Å². The zero-order chi connectivity index (χ0) is 25.5. The third-order valence-electron chi connectivity index (χ3n) is 7.16. The Morgan fingerprint density at radius 2 is 1.92 bits per heavy atom. The molecular formula is C25H31N9O3. The fourth-order valence-electron chi connectivity index (χ4n) is 5.11. The number of carbonyl (C=O) groups excluding carboxylic acids is 1. The summed E-state index contributed by atoms with van der Waals surface area (Å²) in [5.74, 6) is 1.94. The van der Waals surface area contributed by atoms with Crippen LogP contribution in [0.4, 0.5) is 5.82 Å². The standard InChI is InChI=1S/C25H31N9O3/c1-3-19-27-17-6-4-5-7-18(17)34(19)25-29-21(26-8-11-35)20-22(30-25)31(2)23(28-20)24(36)33-14-16(15-33)32-9-12-37-13-10-32/h4-7,16,35H,3,8-15H2,1-2H3,(H,26,29,30). The Morgan fingerprint density at radius 3 is 2.68 bits per heavy atom. The molecular weight excluding hydrogens is 474 g/mol. The van der Waals surface area contributed by atoms with Crippen molar-refractivity contribution < 1.29 is 14.6 Å². The summed E-state index contributed by atoms with van der Waals surface area (Å²) in [4.78, 5) is 36.7. The topological polar surface area (TPSA) is 126 Å². The molecule has 6 rings (SSSR count). The van der Waals surface area contributed by atoms with Crippen molar-refractivity contribution in [3.05, 3.63) is 35.9 Å². The second-order valence-electron chi connectivity index (χ2n) is 9.41. The Balaban J connectivity index is 1.38. The van der Waals surface area contributed by atoms with Crippen molar-refractivity contribution in [2.24, 2.45) is 7.05 Å². The number of fused-ring (bicyclic) bond motifs is 2. The number of anilines is 1. The van der Waals surface area contributed by atoms with Crippen molar-refractivity contribution in [3.63, 3.8) is 0 Å². The normalized spacial score (nSPS) is 17.0. The summed E-state index contributed by atoms with van der Waals surface area (Å²) < 4.78 is 9.13. The van der Waals surface area contributed by atoms with E-state index in [1.807, 2.05) is 40.7 Å². The monoisotopic (exact) mass is 505 g/mol. The summed E-state index contributed by atoms with van der Waals surface area (Å²) in [5.41, 5.74) is 2.80. The maximum atomic E-state index is 13.4. The second kappa shape index (κ2) is 9.69. The number of likely N-dealkylation sites (tertiary alicyclic amines) is 1. The number of hydrogen-bond acceptors (Lipinski definition) is 9. The van der Waals surface area contributed by atoms with Gasteiger partial charge in [0.25, 0.3) is 5.91 Å². The first-order valence-electron chi connectivity index (χ1n) is 12.8. The molecule has 2 saturated heterocycles. The first-order chi connectivity index (χ1) is 18.1. The predicted molar refractivity (Wildman–Crippen MR) is 138 cm³/mol. The first kappa shape index (κ1) is 23.8. The Kier molecular flexibility index (Phi) is 6.22. The van der Waals surface area contributed by atoms with E-state index < -0.39 is 0 Å². The Hall–Kier alpha value is -3.61. The van der Waals surface area contributed by atoms with Crippen LogP contribution in [0, 0.1) is 0 Å². The molecule has 5 heterocycles. The van der Waals surface area contributed by atoms with Crippen molar-refractivity contribution >= 4 is 33.9 Å². The maximum Gasteiger partial charge on any atom is 0.290 e. The van der Waals surface area contributed by atoms with E-state index in [4.69, 9.17) is 19.7 Å². The molecule has 4 aromatic rings. The molecule has 12 nitrogen and oxygen atoms in total. The van der Waals surface area contributed by atoms with E-state index in [2.05, 4.69) is 15.2 Å². The molecule has 0 saturated carbocycles. The second-order valence-corrected chi connectivity index (χ2v) is 9.41. The fourth-order valence-corrected chi connectivity index (χ4v) is 5.11. The molecule has 2 N–H and O–H groups in total. The highest BCUT2D eigenvalue weighted by atomic mass is 16.5. The van der Waals surface area contributed by atoms with Gasteiger partial charge in [-0.25, -0.2) is 9.97 Å². The molecule has 194 valence electrons. The number of imidazole rings is 2. The van der Waals surface area contributed by atoms with E-state index in [0.717, 1.165) is 43.2 Å². The number of aryl methyl sites for hydroxylation is 2. The smallest absolute Gasteiger partial charge is 0.290 e. The molecule has 1 aromatic carbocycles.